The summed E-state index contributed by atoms with van der Waals surface area (Å²) < 4.78 is 5.61. The molecule has 2 aromatic heterocycles. The van der Waals surface area contributed by atoms with Crippen molar-refractivity contribution in [2.24, 2.45) is 5.41 Å². The molecule has 1 fully saturated rings. The molecule has 234 valence electrons. The minimum Gasteiger partial charge on any atom is -0.464 e. The lowest BCUT2D eigenvalue weighted by Gasteiger charge is -2.39. The van der Waals surface area contributed by atoms with Crippen molar-refractivity contribution in [3.8, 4) is 11.3 Å². The Morgan fingerprint density at radius 3 is 2.56 bits per heavy atom. The van der Waals surface area contributed by atoms with Crippen molar-refractivity contribution in [2.45, 2.75) is 40.3 Å². The zero-order chi connectivity index (χ0) is 32.0. The van der Waals surface area contributed by atoms with Crippen molar-refractivity contribution in [2.75, 3.05) is 43.9 Å². The summed E-state index contributed by atoms with van der Waals surface area (Å²) in [6, 6.07) is 19.2. The van der Waals surface area contributed by atoms with E-state index in [4.69, 9.17) is 4.74 Å². The van der Waals surface area contributed by atoms with E-state index in [0.29, 0.717) is 23.8 Å². The van der Waals surface area contributed by atoms with E-state index in [9.17, 15) is 9.59 Å². The number of aryl methyl sites for hydroxylation is 1. The van der Waals surface area contributed by atoms with E-state index in [1.54, 1.807) is 18.6 Å². The first-order valence-corrected chi connectivity index (χ1v) is 15.2. The number of carbonyl (C=O) groups excluding carboxylic acids is 2. The molecule has 5 rings (SSSR count). The van der Waals surface area contributed by atoms with Crippen molar-refractivity contribution in [3.05, 3.63) is 95.9 Å². The molecule has 2 aromatic carbocycles. The second-order valence-electron chi connectivity index (χ2n) is 12.5. The molecular formula is C35H41N7O3. The third-order valence-corrected chi connectivity index (χ3v) is 7.86. The Kier molecular flexibility index (Phi) is 9.85. The highest BCUT2D eigenvalue weighted by molar-refractivity contribution is 6.04. The number of nitrogens with zero attached hydrogens (tertiary/aromatic N) is 5. The predicted molar refractivity (Wildman–Crippen MR) is 176 cm³/mol. The molecule has 1 aliphatic rings. The third-order valence-electron chi connectivity index (χ3n) is 7.86. The summed E-state index contributed by atoms with van der Waals surface area (Å²) in [5.74, 6) is 0.0863. The van der Waals surface area contributed by atoms with Gasteiger partial charge >= 0.3 is 5.97 Å². The van der Waals surface area contributed by atoms with E-state index in [2.05, 4.69) is 42.4 Å². The molecule has 1 atom stereocenters. The van der Waals surface area contributed by atoms with Gasteiger partial charge in [0.05, 0.1) is 17.2 Å². The second kappa shape index (κ2) is 14.0. The Bertz CT molecular complexity index is 1620. The molecule has 45 heavy (non-hydrogen) atoms. The topological polar surface area (TPSA) is 113 Å². The quantitative estimate of drug-likeness (QED) is 0.237. The molecule has 4 aromatic rings. The number of anilines is 3. The van der Waals surface area contributed by atoms with Crippen LogP contribution in [0.15, 0.2) is 79.3 Å². The highest BCUT2D eigenvalue weighted by atomic mass is 16.5. The van der Waals surface area contributed by atoms with Crippen LogP contribution in [0.3, 0.4) is 0 Å². The summed E-state index contributed by atoms with van der Waals surface area (Å²) in [4.78, 5) is 43.2. The number of aromatic nitrogens is 3. The van der Waals surface area contributed by atoms with Gasteiger partial charge in [0, 0.05) is 67.3 Å². The molecule has 0 saturated carbocycles. The van der Waals surface area contributed by atoms with Crippen LogP contribution in [0, 0.1) is 12.3 Å². The van der Waals surface area contributed by atoms with Gasteiger partial charge in [0.1, 0.15) is 6.61 Å². The summed E-state index contributed by atoms with van der Waals surface area (Å²) in [5.41, 5.74) is 5.30. The SMILES string of the molecule is Cc1ccc(NC(=O)c2ccc(CN3CCN(C)C(COC(=O)C(C)(C)C)C3)cc2)cc1Nc1nccc(-c2cccnc2)n1. The number of esters is 1. The van der Waals surface area contributed by atoms with Crippen LogP contribution in [-0.4, -0.2) is 76.0 Å². The van der Waals surface area contributed by atoms with E-state index in [1.807, 2.05) is 88.4 Å². The molecular weight excluding hydrogens is 566 g/mol. The molecule has 10 nitrogen and oxygen atoms in total. The first-order chi connectivity index (χ1) is 21.5. The highest BCUT2D eigenvalue weighted by Gasteiger charge is 2.28. The number of nitrogens with one attached hydrogen (secondary N) is 2. The van der Waals surface area contributed by atoms with Crippen LogP contribution in [-0.2, 0) is 16.1 Å². The minimum absolute atomic E-state index is 0.139. The Balaban J connectivity index is 1.17. The van der Waals surface area contributed by atoms with E-state index in [1.165, 1.54) is 0 Å². The number of hydrogen-bond acceptors (Lipinski definition) is 9. The van der Waals surface area contributed by atoms with Gasteiger partial charge in [0.2, 0.25) is 5.95 Å². The number of ether oxygens (including phenoxy) is 1. The summed E-state index contributed by atoms with van der Waals surface area (Å²) in [6.07, 6.45) is 5.19. The smallest absolute Gasteiger partial charge is 0.311 e. The van der Waals surface area contributed by atoms with Crippen molar-refractivity contribution >= 4 is 29.2 Å². The summed E-state index contributed by atoms with van der Waals surface area (Å²) in [7, 11) is 2.07. The zero-order valence-corrected chi connectivity index (χ0v) is 26.6. The Labute approximate surface area is 264 Å². The average molecular weight is 608 g/mol. The fourth-order valence-electron chi connectivity index (χ4n) is 4.99. The number of hydrogen-bond donors (Lipinski definition) is 2. The van der Waals surface area contributed by atoms with Crippen LogP contribution in [0.25, 0.3) is 11.3 Å². The fraction of sp³-hybridized carbons (Fsp3) is 0.343. The number of benzene rings is 2. The summed E-state index contributed by atoms with van der Waals surface area (Å²) >= 11 is 0. The lowest BCUT2D eigenvalue weighted by Crippen LogP contribution is -2.53. The summed E-state index contributed by atoms with van der Waals surface area (Å²) in [5, 5.41) is 6.29. The lowest BCUT2D eigenvalue weighted by atomic mass is 9.97. The normalized spacial score (nSPS) is 15.8. The first kappa shape index (κ1) is 31.7. The lowest BCUT2D eigenvalue weighted by molar-refractivity contribution is -0.155. The van der Waals surface area contributed by atoms with Crippen LogP contribution >= 0.6 is 0 Å². The van der Waals surface area contributed by atoms with Crippen LogP contribution in [0.2, 0.25) is 0 Å². The molecule has 1 saturated heterocycles. The van der Waals surface area contributed by atoms with Gasteiger partial charge in [-0.15, -0.1) is 0 Å². The van der Waals surface area contributed by atoms with Crippen molar-refractivity contribution in [1.82, 2.24) is 24.8 Å². The van der Waals surface area contributed by atoms with Crippen LogP contribution in [0.1, 0.15) is 42.3 Å². The number of rotatable bonds is 9. The molecule has 0 aliphatic carbocycles. The van der Waals surface area contributed by atoms with E-state index < -0.39 is 5.41 Å². The van der Waals surface area contributed by atoms with E-state index in [-0.39, 0.29) is 17.9 Å². The van der Waals surface area contributed by atoms with Gasteiger partial charge in [-0.2, -0.15) is 0 Å². The largest absolute Gasteiger partial charge is 0.464 e. The molecule has 0 spiro atoms. The second-order valence-corrected chi connectivity index (χ2v) is 12.5. The van der Waals surface area contributed by atoms with Crippen LogP contribution in [0.5, 0.6) is 0 Å². The van der Waals surface area contributed by atoms with Gasteiger partial charge < -0.3 is 15.4 Å². The summed E-state index contributed by atoms with van der Waals surface area (Å²) in [6.45, 7) is 11.3. The number of pyridine rings is 1. The van der Waals surface area contributed by atoms with Gasteiger partial charge in [0.15, 0.2) is 0 Å². The predicted octanol–water partition coefficient (Wildman–Crippen LogP) is 5.55. The molecule has 10 heteroatoms. The number of likely N-dealkylation sites (N-methyl/N-ethyl adjacent to an activating group) is 1. The van der Waals surface area contributed by atoms with Crippen molar-refractivity contribution in [1.29, 1.82) is 0 Å². The van der Waals surface area contributed by atoms with Crippen molar-refractivity contribution in [3.63, 3.8) is 0 Å². The first-order valence-electron chi connectivity index (χ1n) is 15.2. The molecule has 0 radical (unpaired) electrons. The molecule has 1 unspecified atom stereocenters. The zero-order valence-electron chi connectivity index (χ0n) is 26.6. The van der Waals surface area contributed by atoms with E-state index in [0.717, 1.165) is 54.3 Å². The maximum Gasteiger partial charge on any atom is 0.311 e. The van der Waals surface area contributed by atoms with Crippen LogP contribution in [0.4, 0.5) is 17.3 Å². The average Bonchev–Trinajstić information content (AvgIpc) is 3.03. The molecule has 1 aliphatic heterocycles. The van der Waals surface area contributed by atoms with Gasteiger partial charge in [-0.25, -0.2) is 9.97 Å². The van der Waals surface area contributed by atoms with Gasteiger partial charge in [-0.1, -0.05) is 18.2 Å². The third kappa shape index (κ3) is 8.49. The highest BCUT2D eigenvalue weighted by Crippen LogP contribution is 2.25. The molecule has 0 bridgehead atoms. The van der Waals surface area contributed by atoms with Crippen LogP contribution < -0.4 is 10.6 Å². The van der Waals surface area contributed by atoms with E-state index >= 15 is 0 Å². The Morgan fingerprint density at radius 1 is 1.02 bits per heavy atom. The fourth-order valence-corrected chi connectivity index (χ4v) is 4.99. The van der Waals surface area contributed by atoms with Gasteiger partial charge in [0.25, 0.3) is 5.91 Å². The number of piperazine rings is 1. The number of amides is 1. The monoisotopic (exact) mass is 607 g/mol. The minimum atomic E-state index is -0.512. The van der Waals surface area contributed by atoms with Gasteiger partial charge in [-0.3, -0.25) is 24.4 Å². The van der Waals surface area contributed by atoms with Crippen molar-refractivity contribution < 1.29 is 14.3 Å². The standard InChI is InChI=1S/C35H41N7O3/c1-24-8-13-28(19-31(24)40-34-37-16-14-30(39-34)27-7-6-15-36-20-27)38-32(43)26-11-9-25(10-12-26)21-42-18-17-41(5)29(22-42)23-45-33(44)35(2,3)4/h6-16,19-20,29H,17-18,21-23H2,1-5H3,(H,38,43)(H,37,39,40). The van der Waals surface area contributed by atoms with Gasteiger partial charge in [-0.05, 0) is 88.3 Å². The maximum absolute atomic E-state index is 13.1. The number of carbonyl (C=O) groups is 2. The molecule has 3 heterocycles. The molecule has 2 N–H and O–H groups in total. The maximum atomic E-state index is 13.1. The molecule has 1 amide bonds. The Hall–Kier alpha value is -4.67. The Morgan fingerprint density at radius 2 is 1.82 bits per heavy atom.